The number of hydrogen-bond acceptors (Lipinski definition) is 4. The van der Waals surface area contributed by atoms with Gasteiger partial charge in [0.15, 0.2) is 0 Å². The van der Waals surface area contributed by atoms with E-state index in [1.165, 1.54) is 5.56 Å². The van der Waals surface area contributed by atoms with Gasteiger partial charge in [-0.25, -0.2) is 4.79 Å². The zero-order chi connectivity index (χ0) is 24.1. The second kappa shape index (κ2) is 10.4. The van der Waals surface area contributed by atoms with Crippen molar-refractivity contribution >= 4 is 16.9 Å². The highest BCUT2D eigenvalue weighted by Gasteiger charge is 2.23. The van der Waals surface area contributed by atoms with Crippen molar-refractivity contribution in [2.75, 3.05) is 20.8 Å². The van der Waals surface area contributed by atoms with Crippen LogP contribution in [0.15, 0.2) is 72.8 Å². The summed E-state index contributed by atoms with van der Waals surface area (Å²) >= 11 is 0. The zero-order valence-electron chi connectivity index (χ0n) is 19.7. The van der Waals surface area contributed by atoms with Crippen LogP contribution < -0.4 is 14.8 Å². The molecule has 0 aliphatic rings. The Bertz CT molecular complexity index is 1260. The number of hydrogen-bond donors (Lipinski definition) is 2. The first-order valence-corrected chi connectivity index (χ1v) is 11.3. The number of benzene rings is 3. The molecule has 6 heteroatoms. The van der Waals surface area contributed by atoms with Crippen molar-refractivity contribution in [2.45, 2.75) is 25.9 Å². The minimum atomic E-state index is -0.948. The van der Waals surface area contributed by atoms with Crippen LogP contribution in [0.2, 0.25) is 0 Å². The van der Waals surface area contributed by atoms with Crippen molar-refractivity contribution < 1.29 is 19.4 Å². The molecule has 0 bridgehead atoms. The number of rotatable bonds is 10. The van der Waals surface area contributed by atoms with Gasteiger partial charge in [0.2, 0.25) is 0 Å². The van der Waals surface area contributed by atoms with Gasteiger partial charge in [0.05, 0.1) is 19.7 Å². The SMILES string of the molecule is COc1ccc(Cn2c(C(=O)O)c(CNC[C@H](C)c3ccccc3)c3ccc(OC)cc32)cc1. The molecule has 176 valence electrons. The highest BCUT2D eigenvalue weighted by molar-refractivity contribution is 5.98. The molecule has 0 radical (unpaired) electrons. The number of nitrogens with one attached hydrogen (secondary N) is 1. The lowest BCUT2D eigenvalue weighted by Crippen LogP contribution is -2.21. The Hall–Kier alpha value is -3.77. The number of carbonyl (C=O) groups is 1. The highest BCUT2D eigenvalue weighted by atomic mass is 16.5. The molecule has 0 aliphatic carbocycles. The van der Waals surface area contributed by atoms with Crippen LogP contribution in [0.1, 0.15) is 40.0 Å². The summed E-state index contributed by atoms with van der Waals surface area (Å²) < 4.78 is 12.6. The first kappa shape index (κ1) is 23.4. The number of nitrogens with zero attached hydrogens (tertiary/aromatic N) is 1. The van der Waals surface area contributed by atoms with Crippen molar-refractivity contribution in [3.63, 3.8) is 0 Å². The van der Waals surface area contributed by atoms with E-state index in [-0.39, 0.29) is 0 Å². The van der Waals surface area contributed by atoms with Crippen LogP contribution in [0, 0.1) is 0 Å². The molecule has 0 saturated heterocycles. The highest BCUT2D eigenvalue weighted by Crippen LogP contribution is 2.31. The van der Waals surface area contributed by atoms with E-state index in [2.05, 4.69) is 24.4 Å². The van der Waals surface area contributed by atoms with Crippen LogP contribution in [0.4, 0.5) is 0 Å². The van der Waals surface area contributed by atoms with Crippen LogP contribution in [0.3, 0.4) is 0 Å². The van der Waals surface area contributed by atoms with E-state index in [4.69, 9.17) is 9.47 Å². The third kappa shape index (κ3) is 4.92. The Balaban J connectivity index is 1.68. The lowest BCUT2D eigenvalue weighted by molar-refractivity contribution is 0.0684. The monoisotopic (exact) mass is 458 g/mol. The molecule has 0 spiro atoms. The van der Waals surface area contributed by atoms with Crippen molar-refractivity contribution in [2.24, 2.45) is 0 Å². The van der Waals surface area contributed by atoms with E-state index in [0.717, 1.165) is 34.3 Å². The zero-order valence-corrected chi connectivity index (χ0v) is 19.7. The fourth-order valence-corrected chi connectivity index (χ4v) is 4.34. The van der Waals surface area contributed by atoms with Crippen molar-refractivity contribution in [1.82, 2.24) is 9.88 Å². The summed E-state index contributed by atoms with van der Waals surface area (Å²) in [4.78, 5) is 12.5. The number of aromatic carboxylic acids is 1. The van der Waals surface area contributed by atoms with Gasteiger partial charge >= 0.3 is 5.97 Å². The van der Waals surface area contributed by atoms with Crippen LogP contribution in [0.25, 0.3) is 10.9 Å². The van der Waals surface area contributed by atoms with Gasteiger partial charge < -0.3 is 24.5 Å². The average Bonchev–Trinajstić information content (AvgIpc) is 3.17. The molecule has 4 rings (SSSR count). The van der Waals surface area contributed by atoms with E-state index in [9.17, 15) is 9.90 Å². The number of aromatic nitrogens is 1. The summed E-state index contributed by atoms with van der Waals surface area (Å²) in [5, 5.41) is 14.6. The van der Waals surface area contributed by atoms with Gasteiger partial charge in [0, 0.05) is 36.7 Å². The Morgan fingerprint density at radius 3 is 2.29 bits per heavy atom. The summed E-state index contributed by atoms with van der Waals surface area (Å²) in [5.41, 5.74) is 4.14. The van der Waals surface area contributed by atoms with Crippen molar-refractivity contribution in [3.05, 3.63) is 95.2 Å². The maximum atomic E-state index is 12.5. The third-order valence-electron chi connectivity index (χ3n) is 6.20. The molecular formula is C28H30N2O4. The second-order valence-electron chi connectivity index (χ2n) is 8.39. The summed E-state index contributed by atoms with van der Waals surface area (Å²) in [6.45, 7) is 3.79. The van der Waals surface area contributed by atoms with Crippen LogP contribution in [0.5, 0.6) is 11.5 Å². The molecule has 6 nitrogen and oxygen atoms in total. The molecule has 1 atom stereocenters. The minimum Gasteiger partial charge on any atom is -0.497 e. The van der Waals surface area contributed by atoms with Crippen molar-refractivity contribution in [3.8, 4) is 11.5 Å². The van der Waals surface area contributed by atoms with E-state index in [0.29, 0.717) is 30.5 Å². The third-order valence-corrected chi connectivity index (χ3v) is 6.20. The minimum absolute atomic E-state index is 0.291. The van der Waals surface area contributed by atoms with Gasteiger partial charge in [-0.3, -0.25) is 0 Å². The quantitative estimate of drug-likeness (QED) is 0.337. The van der Waals surface area contributed by atoms with Gasteiger partial charge in [-0.1, -0.05) is 49.4 Å². The number of carboxylic acid groups (broad SMARTS) is 1. The largest absolute Gasteiger partial charge is 0.497 e. The standard InChI is InChI=1S/C28H30N2O4/c1-19(21-7-5-4-6-8-21)16-29-17-25-24-14-13-23(34-3)15-26(24)30(27(25)28(31)32)18-20-9-11-22(33-2)12-10-20/h4-15,19,29H,16-18H2,1-3H3,(H,31,32)/t19-/m0/s1. The molecule has 1 aromatic heterocycles. The average molecular weight is 459 g/mol. The number of ether oxygens (including phenoxy) is 2. The fourth-order valence-electron chi connectivity index (χ4n) is 4.34. The number of methoxy groups -OCH3 is 2. The molecule has 0 aliphatic heterocycles. The first-order valence-electron chi connectivity index (χ1n) is 11.3. The van der Waals surface area contributed by atoms with Gasteiger partial charge in [0.1, 0.15) is 17.2 Å². The lowest BCUT2D eigenvalue weighted by Gasteiger charge is -2.14. The van der Waals surface area contributed by atoms with Crippen LogP contribution in [-0.4, -0.2) is 36.4 Å². The molecule has 1 heterocycles. The Morgan fingerprint density at radius 2 is 1.65 bits per heavy atom. The smallest absolute Gasteiger partial charge is 0.352 e. The fraction of sp³-hybridized carbons (Fsp3) is 0.250. The van der Waals surface area contributed by atoms with Gasteiger partial charge in [-0.15, -0.1) is 0 Å². The summed E-state index contributed by atoms with van der Waals surface area (Å²) in [5.74, 6) is 0.813. The predicted octanol–water partition coefficient (Wildman–Crippen LogP) is 5.30. The molecule has 3 aromatic carbocycles. The predicted molar refractivity (Wildman–Crippen MR) is 134 cm³/mol. The van der Waals surface area contributed by atoms with Gasteiger partial charge in [-0.2, -0.15) is 0 Å². The van der Waals surface area contributed by atoms with Crippen molar-refractivity contribution in [1.29, 1.82) is 0 Å². The van der Waals surface area contributed by atoms with E-state index >= 15 is 0 Å². The Labute approximate surface area is 199 Å². The molecule has 0 amide bonds. The topological polar surface area (TPSA) is 72.7 Å². The molecule has 0 saturated carbocycles. The van der Waals surface area contributed by atoms with Crippen LogP contribution >= 0.6 is 0 Å². The summed E-state index contributed by atoms with van der Waals surface area (Å²) in [6.07, 6.45) is 0. The maximum absolute atomic E-state index is 12.5. The van der Waals surface area contributed by atoms with E-state index in [1.807, 2.05) is 65.2 Å². The Morgan fingerprint density at radius 1 is 0.971 bits per heavy atom. The molecular weight excluding hydrogens is 428 g/mol. The molecule has 0 fully saturated rings. The molecule has 34 heavy (non-hydrogen) atoms. The molecule has 4 aromatic rings. The van der Waals surface area contributed by atoms with E-state index in [1.54, 1.807) is 14.2 Å². The Kier molecular flexibility index (Phi) is 7.18. The van der Waals surface area contributed by atoms with Crippen LogP contribution in [-0.2, 0) is 13.1 Å². The van der Waals surface area contributed by atoms with E-state index < -0.39 is 5.97 Å². The lowest BCUT2D eigenvalue weighted by atomic mass is 10.0. The maximum Gasteiger partial charge on any atom is 0.352 e. The van der Waals surface area contributed by atoms with Gasteiger partial charge in [0.25, 0.3) is 0 Å². The number of fused-ring (bicyclic) bond motifs is 1. The normalized spacial score (nSPS) is 12.0. The summed E-state index contributed by atoms with van der Waals surface area (Å²) in [6, 6.07) is 23.7. The second-order valence-corrected chi connectivity index (χ2v) is 8.39. The number of carboxylic acids is 1. The van der Waals surface area contributed by atoms with Gasteiger partial charge in [-0.05, 0) is 41.3 Å². The molecule has 0 unspecified atom stereocenters. The molecule has 2 N–H and O–H groups in total. The summed E-state index contributed by atoms with van der Waals surface area (Å²) in [7, 11) is 3.24. The first-order chi connectivity index (χ1) is 16.5.